The third-order valence-electron chi connectivity index (χ3n) is 3.44. The Morgan fingerprint density at radius 2 is 2.17 bits per heavy atom. The van der Waals surface area contributed by atoms with Crippen LogP contribution in [0.15, 0.2) is 12.5 Å². The molecule has 2 rings (SSSR count). The van der Waals surface area contributed by atoms with Crippen LogP contribution in [-0.2, 0) is 11.3 Å². The molecular formula is C13H18N2O3. The van der Waals surface area contributed by atoms with Crippen LogP contribution in [0.1, 0.15) is 48.7 Å². The first-order valence-electron chi connectivity index (χ1n) is 6.30. The molecule has 98 valence electrons. The molecule has 1 aliphatic rings. The number of carboxylic acids is 1. The maximum Gasteiger partial charge on any atom is 0.339 e. The molecule has 1 heterocycles. The number of rotatable bonds is 4. The van der Waals surface area contributed by atoms with E-state index in [1.807, 2.05) is 0 Å². The van der Waals surface area contributed by atoms with Crippen molar-refractivity contribution >= 4 is 5.97 Å². The average Bonchev–Trinajstić information content (AvgIpc) is 2.38. The van der Waals surface area contributed by atoms with E-state index in [0.29, 0.717) is 5.69 Å². The fourth-order valence-corrected chi connectivity index (χ4v) is 2.24. The maximum atomic E-state index is 11.0. The van der Waals surface area contributed by atoms with Gasteiger partial charge < -0.3 is 9.84 Å². The zero-order valence-corrected chi connectivity index (χ0v) is 10.5. The number of hydrogen-bond acceptors (Lipinski definition) is 4. The van der Waals surface area contributed by atoms with Gasteiger partial charge in [0, 0.05) is 6.20 Å². The normalized spacial score (nSPS) is 23.8. The number of aromatic nitrogens is 2. The van der Waals surface area contributed by atoms with Crippen molar-refractivity contribution in [1.82, 2.24) is 9.97 Å². The molecule has 1 aliphatic carbocycles. The molecule has 1 aromatic rings. The highest BCUT2D eigenvalue weighted by molar-refractivity contribution is 5.88. The third-order valence-corrected chi connectivity index (χ3v) is 3.44. The van der Waals surface area contributed by atoms with Crippen LogP contribution in [0.4, 0.5) is 0 Å². The van der Waals surface area contributed by atoms with Crippen molar-refractivity contribution in [2.24, 2.45) is 5.92 Å². The first-order chi connectivity index (χ1) is 8.66. The molecule has 0 atom stereocenters. The molecule has 0 bridgehead atoms. The van der Waals surface area contributed by atoms with Gasteiger partial charge in [-0.3, -0.25) is 0 Å². The van der Waals surface area contributed by atoms with E-state index < -0.39 is 5.97 Å². The molecule has 0 unspecified atom stereocenters. The second-order valence-electron chi connectivity index (χ2n) is 4.88. The molecule has 0 amide bonds. The SMILES string of the molecule is CC1CCC(OCc2ncncc2C(=O)O)CC1. The summed E-state index contributed by atoms with van der Waals surface area (Å²) in [6, 6.07) is 0. The summed E-state index contributed by atoms with van der Waals surface area (Å²) in [5.74, 6) is -0.232. The number of ether oxygens (including phenoxy) is 1. The predicted octanol–water partition coefficient (Wildman–Crippen LogP) is 2.27. The molecule has 0 aromatic carbocycles. The van der Waals surface area contributed by atoms with Gasteiger partial charge in [0.15, 0.2) is 0 Å². The van der Waals surface area contributed by atoms with Gasteiger partial charge in [-0.2, -0.15) is 0 Å². The number of carboxylic acid groups (broad SMARTS) is 1. The van der Waals surface area contributed by atoms with Gasteiger partial charge in [0.1, 0.15) is 11.9 Å². The van der Waals surface area contributed by atoms with Gasteiger partial charge in [-0.05, 0) is 31.6 Å². The molecule has 0 spiro atoms. The second-order valence-corrected chi connectivity index (χ2v) is 4.88. The second kappa shape index (κ2) is 5.91. The summed E-state index contributed by atoms with van der Waals surface area (Å²) in [5, 5.41) is 9.00. The first kappa shape index (κ1) is 13.0. The van der Waals surface area contributed by atoms with Crippen molar-refractivity contribution in [1.29, 1.82) is 0 Å². The quantitative estimate of drug-likeness (QED) is 0.887. The lowest BCUT2D eigenvalue weighted by molar-refractivity contribution is 0.00662. The molecule has 0 radical (unpaired) electrons. The maximum absolute atomic E-state index is 11.0. The van der Waals surface area contributed by atoms with Crippen molar-refractivity contribution in [2.45, 2.75) is 45.3 Å². The Morgan fingerprint density at radius 1 is 1.44 bits per heavy atom. The summed E-state index contributed by atoms with van der Waals surface area (Å²) in [7, 11) is 0. The predicted molar refractivity (Wildman–Crippen MR) is 65.2 cm³/mol. The van der Waals surface area contributed by atoms with Crippen LogP contribution < -0.4 is 0 Å². The minimum Gasteiger partial charge on any atom is -0.478 e. The Labute approximate surface area is 106 Å². The van der Waals surface area contributed by atoms with E-state index in [1.54, 1.807) is 0 Å². The summed E-state index contributed by atoms with van der Waals surface area (Å²) in [4.78, 5) is 18.7. The van der Waals surface area contributed by atoms with Crippen LogP contribution >= 0.6 is 0 Å². The van der Waals surface area contributed by atoms with Gasteiger partial charge in [-0.25, -0.2) is 14.8 Å². The van der Waals surface area contributed by atoms with Gasteiger partial charge in [-0.1, -0.05) is 6.92 Å². The number of carbonyl (C=O) groups is 1. The molecule has 1 N–H and O–H groups in total. The van der Waals surface area contributed by atoms with E-state index in [-0.39, 0.29) is 18.3 Å². The first-order valence-corrected chi connectivity index (χ1v) is 6.30. The van der Waals surface area contributed by atoms with Crippen LogP contribution in [-0.4, -0.2) is 27.1 Å². The molecule has 1 aromatic heterocycles. The number of nitrogens with zero attached hydrogens (tertiary/aromatic N) is 2. The standard InChI is InChI=1S/C13H18N2O3/c1-9-2-4-10(5-3-9)18-7-12-11(13(16)17)6-14-8-15-12/h6,8-10H,2-5,7H2,1H3,(H,16,17). The van der Waals surface area contributed by atoms with Crippen molar-refractivity contribution in [3.8, 4) is 0 Å². The van der Waals surface area contributed by atoms with Crippen molar-refractivity contribution in [3.05, 3.63) is 23.8 Å². The molecule has 1 saturated carbocycles. The van der Waals surface area contributed by atoms with E-state index in [0.717, 1.165) is 18.8 Å². The highest BCUT2D eigenvalue weighted by atomic mass is 16.5. The van der Waals surface area contributed by atoms with Gasteiger partial charge in [0.05, 0.1) is 18.4 Å². The molecule has 5 heteroatoms. The minimum atomic E-state index is -1.01. The Bertz CT molecular complexity index is 414. The van der Waals surface area contributed by atoms with E-state index in [9.17, 15) is 4.79 Å². The smallest absolute Gasteiger partial charge is 0.339 e. The Morgan fingerprint density at radius 3 is 2.83 bits per heavy atom. The van der Waals surface area contributed by atoms with E-state index in [2.05, 4.69) is 16.9 Å². The fourth-order valence-electron chi connectivity index (χ4n) is 2.24. The summed E-state index contributed by atoms with van der Waals surface area (Å²) >= 11 is 0. The fraction of sp³-hybridized carbons (Fsp3) is 0.615. The van der Waals surface area contributed by atoms with Crippen LogP contribution in [0.2, 0.25) is 0 Å². The third kappa shape index (κ3) is 3.26. The Hall–Kier alpha value is -1.49. The largest absolute Gasteiger partial charge is 0.478 e. The molecule has 1 fully saturated rings. The van der Waals surface area contributed by atoms with Gasteiger partial charge >= 0.3 is 5.97 Å². The zero-order chi connectivity index (χ0) is 13.0. The molecule has 5 nitrogen and oxygen atoms in total. The Balaban J connectivity index is 1.92. The van der Waals surface area contributed by atoms with E-state index >= 15 is 0 Å². The van der Waals surface area contributed by atoms with Crippen LogP contribution in [0, 0.1) is 5.92 Å². The lowest BCUT2D eigenvalue weighted by Crippen LogP contribution is -2.21. The topological polar surface area (TPSA) is 72.3 Å². The van der Waals surface area contributed by atoms with Crippen LogP contribution in [0.3, 0.4) is 0 Å². The minimum absolute atomic E-state index is 0.127. The lowest BCUT2D eigenvalue weighted by Gasteiger charge is -2.26. The van der Waals surface area contributed by atoms with Crippen molar-refractivity contribution < 1.29 is 14.6 Å². The van der Waals surface area contributed by atoms with Gasteiger partial charge in [-0.15, -0.1) is 0 Å². The zero-order valence-electron chi connectivity index (χ0n) is 10.5. The van der Waals surface area contributed by atoms with Crippen LogP contribution in [0.5, 0.6) is 0 Å². The molecule has 0 saturated heterocycles. The van der Waals surface area contributed by atoms with Crippen molar-refractivity contribution in [2.75, 3.05) is 0 Å². The van der Waals surface area contributed by atoms with E-state index in [1.165, 1.54) is 25.4 Å². The van der Waals surface area contributed by atoms with Crippen LogP contribution in [0.25, 0.3) is 0 Å². The molecule has 0 aliphatic heterocycles. The highest BCUT2D eigenvalue weighted by Crippen LogP contribution is 2.26. The lowest BCUT2D eigenvalue weighted by atomic mass is 9.89. The number of hydrogen-bond donors (Lipinski definition) is 1. The van der Waals surface area contributed by atoms with Gasteiger partial charge in [0.25, 0.3) is 0 Å². The van der Waals surface area contributed by atoms with Crippen molar-refractivity contribution in [3.63, 3.8) is 0 Å². The molecular weight excluding hydrogens is 232 g/mol. The molecule has 18 heavy (non-hydrogen) atoms. The summed E-state index contributed by atoms with van der Waals surface area (Å²) in [6.07, 6.45) is 7.37. The average molecular weight is 250 g/mol. The summed E-state index contributed by atoms with van der Waals surface area (Å²) in [5.41, 5.74) is 0.581. The Kier molecular flexibility index (Phi) is 4.25. The summed E-state index contributed by atoms with van der Waals surface area (Å²) < 4.78 is 5.75. The highest BCUT2D eigenvalue weighted by Gasteiger charge is 2.20. The monoisotopic (exact) mass is 250 g/mol. The summed E-state index contributed by atoms with van der Waals surface area (Å²) in [6.45, 7) is 2.51. The van der Waals surface area contributed by atoms with E-state index in [4.69, 9.17) is 9.84 Å². The van der Waals surface area contributed by atoms with Gasteiger partial charge in [0.2, 0.25) is 0 Å². The number of aromatic carboxylic acids is 1.